The van der Waals surface area contributed by atoms with Crippen molar-refractivity contribution < 1.29 is 4.79 Å². The second-order valence-corrected chi connectivity index (χ2v) is 2.33. The third-order valence-electron chi connectivity index (χ3n) is 1.26. The number of hydrogen-bond donors (Lipinski definition) is 3. The number of guanidine groups is 1. The molecule has 0 unspecified atom stereocenters. The molecule has 1 rings (SSSR count). The number of nitrogens with one attached hydrogen (secondary N) is 1. The van der Waals surface area contributed by atoms with Gasteiger partial charge in [-0.2, -0.15) is 4.99 Å². The van der Waals surface area contributed by atoms with Crippen LogP contribution in [0.1, 0.15) is 0 Å². The normalized spacial score (nSPS) is 8.92. The second-order valence-electron chi connectivity index (χ2n) is 2.33. The van der Waals surface area contributed by atoms with E-state index in [0.717, 1.165) is 0 Å². The summed E-state index contributed by atoms with van der Waals surface area (Å²) in [4.78, 5) is 14.3. The molecule has 0 spiro atoms. The first-order valence-electron chi connectivity index (χ1n) is 3.64. The Morgan fingerprint density at radius 2 is 1.85 bits per heavy atom. The Bertz CT molecular complexity index is 316. The zero-order valence-electron chi connectivity index (χ0n) is 6.90. The first-order chi connectivity index (χ1) is 6.18. The summed E-state index contributed by atoms with van der Waals surface area (Å²) in [5.41, 5.74) is 10.7. The molecular weight excluding hydrogens is 168 g/mol. The lowest BCUT2D eigenvalue weighted by Gasteiger charge is -1.99. The SMILES string of the molecule is NC(N)=NC(=O)Nc1ccccc1. The first-order valence-corrected chi connectivity index (χ1v) is 3.64. The number of urea groups is 1. The van der Waals surface area contributed by atoms with Gasteiger partial charge in [-0.25, -0.2) is 4.79 Å². The van der Waals surface area contributed by atoms with Crippen molar-refractivity contribution in [1.82, 2.24) is 0 Å². The van der Waals surface area contributed by atoms with Crippen LogP contribution in [-0.4, -0.2) is 12.0 Å². The van der Waals surface area contributed by atoms with Gasteiger partial charge in [-0.1, -0.05) is 18.2 Å². The summed E-state index contributed by atoms with van der Waals surface area (Å²) in [5, 5.41) is 2.49. The number of amides is 2. The number of carbonyl (C=O) groups excluding carboxylic acids is 1. The van der Waals surface area contributed by atoms with Crippen LogP contribution in [0.4, 0.5) is 10.5 Å². The highest BCUT2D eigenvalue weighted by atomic mass is 16.2. The maximum atomic E-state index is 11.0. The number of nitrogens with two attached hydrogens (primary N) is 2. The van der Waals surface area contributed by atoms with E-state index in [1.165, 1.54) is 0 Å². The number of hydrogen-bond acceptors (Lipinski definition) is 1. The molecule has 1 aromatic rings. The van der Waals surface area contributed by atoms with Gasteiger partial charge >= 0.3 is 6.03 Å². The summed E-state index contributed by atoms with van der Waals surface area (Å²) in [6, 6.07) is 8.33. The number of aliphatic imine (C=N–C) groups is 1. The lowest BCUT2D eigenvalue weighted by atomic mass is 10.3. The highest BCUT2D eigenvalue weighted by molar-refractivity contribution is 5.97. The summed E-state index contributed by atoms with van der Waals surface area (Å²) < 4.78 is 0. The lowest BCUT2D eigenvalue weighted by molar-refractivity contribution is 0.259. The Morgan fingerprint density at radius 3 is 2.38 bits per heavy atom. The predicted octanol–water partition coefficient (Wildman–Crippen LogP) is 0.492. The van der Waals surface area contributed by atoms with Gasteiger partial charge in [-0.05, 0) is 12.1 Å². The van der Waals surface area contributed by atoms with Gasteiger partial charge in [0.2, 0.25) is 0 Å². The zero-order chi connectivity index (χ0) is 9.68. The van der Waals surface area contributed by atoms with Crippen molar-refractivity contribution in [3.05, 3.63) is 30.3 Å². The van der Waals surface area contributed by atoms with Crippen LogP contribution in [0.2, 0.25) is 0 Å². The van der Waals surface area contributed by atoms with E-state index in [-0.39, 0.29) is 5.96 Å². The van der Waals surface area contributed by atoms with Crippen LogP contribution in [0, 0.1) is 0 Å². The molecule has 0 atom stereocenters. The smallest absolute Gasteiger partial charge is 0.348 e. The topological polar surface area (TPSA) is 93.5 Å². The average Bonchev–Trinajstić information content (AvgIpc) is 2.04. The monoisotopic (exact) mass is 178 g/mol. The Balaban J connectivity index is 2.61. The number of benzene rings is 1. The van der Waals surface area contributed by atoms with Crippen LogP contribution in [0.25, 0.3) is 0 Å². The number of rotatable bonds is 1. The number of anilines is 1. The van der Waals surface area contributed by atoms with Gasteiger partial charge in [0.1, 0.15) is 0 Å². The van der Waals surface area contributed by atoms with E-state index in [4.69, 9.17) is 11.5 Å². The Hall–Kier alpha value is -2.04. The molecule has 0 bridgehead atoms. The molecule has 0 aliphatic rings. The summed E-state index contributed by atoms with van der Waals surface area (Å²) in [6.07, 6.45) is 0. The fourth-order valence-corrected chi connectivity index (χ4v) is 0.790. The van der Waals surface area contributed by atoms with Gasteiger partial charge in [-0.3, -0.25) is 0 Å². The maximum Gasteiger partial charge on any atom is 0.348 e. The molecule has 0 radical (unpaired) electrons. The first kappa shape index (κ1) is 9.05. The molecule has 5 N–H and O–H groups in total. The van der Waals surface area contributed by atoms with E-state index in [2.05, 4.69) is 10.3 Å². The molecule has 0 aliphatic carbocycles. The molecule has 5 heteroatoms. The van der Waals surface area contributed by atoms with Crippen molar-refractivity contribution in [2.75, 3.05) is 5.32 Å². The lowest BCUT2D eigenvalue weighted by Crippen LogP contribution is -2.25. The molecule has 0 aromatic heterocycles. The van der Waals surface area contributed by atoms with E-state index in [1.807, 2.05) is 6.07 Å². The van der Waals surface area contributed by atoms with Crippen molar-refractivity contribution in [2.24, 2.45) is 16.5 Å². The van der Waals surface area contributed by atoms with Crippen LogP contribution in [0.3, 0.4) is 0 Å². The van der Waals surface area contributed by atoms with Gasteiger partial charge in [0.15, 0.2) is 5.96 Å². The molecule has 68 valence electrons. The minimum Gasteiger partial charge on any atom is -0.370 e. The van der Waals surface area contributed by atoms with E-state index in [0.29, 0.717) is 5.69 Å². The standard InChI is InChI=1S/C8H10N4O/c9-7(10)12-8(13)11-6-4-2-1-3-5-6/h1-5H,(H5,9,10,11,12,13). The summed E-state index contributed by atoms with van der Waals surface area (Å²) in [5.74, 6) is -0.256. The summed E-state index contributed by atoms with van der Waals surface area (Å²) >= 11 is 0. The molecule has 2 amide bonds. The van der Waals surface area contributed by atoms with Crippen molar-refractivity contribution >= 4 is 17.7 Å². The Morgan fingerprint density at radius 1 is 1.23 bits per heavy atom. The Kier molecular flexibility index (Phi) is 2.86. The van der Waals surface area contributed by atoms with Crippen LogP contribution < -0.4 is 16.8 Å². The maximum absolute atomic E-state index is 11.0. The quantitative estimate of drug-likeness (QED) is 0.431. The molecular formula is C8H10N4O. The predicted molar refractivity (Wildman–Crippen MR) is 51.3 cm³/mol. The van der Waals surface area contributed by atoms with Gasteiger partial charge in [0.25, 0.3) is 0 Å². The second kappa shape index (κ2) is 4.10. The van der Waals surface area contributed by atoms with Crippen molar-refractivity contribution in [1.29, 1.82) is 0 Å². The fourth-order valence-electron chi connectivity index (χ4n) is 0.790. The third-order valence-corrected chi connectivity index (χ3v) is 1.26. The zero-order valence-corrected chi connectivity index (χ0v) is 6.90. The number of nitrogens with zero attached hydrogens (tertiary/aromatic N) is 1. The van der Waals surface area contributed by atoms with Crippen LogP contribution >= 0.6 is 0 Å². The van der Waals surface area contributed by atoms with E-state index < -0.39 is 6.03 Å². The van der Waals surface area contributed by atoms with Crippen molar-refractivity contribution in [3.63, 3.8) is 0 Å². The summed E-state index contributed by atoms with van der Waals surface area (Å²) in [6.45, 7) is 0. The molecule has 0 heterocycles. The molecule has 0 aliphatic heterocycles. The number of carbonyl (C=O) groups is 1. The van der Waals surface area contributed by atoms with E-state index in [9.17, 15) is 4.79 Å². The highest BCUT2D eigenvalue weighted by Gasteiger charge is 1.97. The van der Waals surface area contributed by atoms with Gasteiger partial charge < -0.3 is 16.8 Å². The third kappa shape index (κ3) is 3.24. The summed E-state index contributed by atoms with van der Waals surface area (Å²) in [7, 11) is 0. The molecule has 0 saturated heterocycles. The molecule has 0 saturated carbocycles. The van der Waals surface area contributed by atoms with Crippen molar-refractivity contribution in [3.8, 4) is 0 Å². The van der Waals surface area contributed by atoms with Crippen LogP contribution in [0.15, 0.2) is 35.3 Å². The molecule has 5 nitrogen and oxygen atoms in total. The molecule has 1 aromatic carbocycles. The van der Waals surface area contributed by atoms with Crippen LogP contribution in [0.5, 0.6) is 0 Å². The Labute approximate surface area is 75.4 Å². The van der Waals surface area contributed by atoms with E-state index >= 15 is 0 Å². The van der Waals surface area contributed by atoms with Gasteiger partial charge in [0, 0.05) is 5.69 Å². The number of para-hydroxylation sites is 1. The molecule has 13 heavy (non-hydrogen) atoms. The molecule has 0 fully saturated rings. The minimum atomic E-state index is -0.578. The van der Waals surface area contributed by atoms with E-state index in [1.54, 1.807) is 24.3 Å². The largest absolute Gasteiger partial charge is 0.370 e. The van der Waals surface area contributed by atoms with Crippen molar-refractivity contribution in [2.45, 2.75) is 0 Å². The minimum absolute atomic E-state index is 0.256. The van der Waals surface area contributed by atoms with Gasteiger partial charge in [0.05, 0.1) is 0 Å². The average molecular weight is 178 g/mol. The van der Waals surface area contributed by atoms with Gasteiger partial charge in [-0.15, -0.1) is 0 Å². The highest BCUT2D eigenvalue weighted by Crippen LogP contribution is 2.04. The fraction of sp³-hybridized carbons (Fsp3) is 0. The van der Waals surface area contributed by atoms with Crippen LogP contribution in [-0.2, 0) is 0 Å².